The molecule has 4 aliphatic rings. The minimum Gasteiger partial charge on any atom is -0.485 e. The lowest BCUT2D eigenvalue weighted by Crippen LogP contribution is -2.42. The Labute approximate surface area is 321 Å². The normalized spacial score (nSPS) is 18.0. The predicted octanol–water partition coefficient (Wildman–Crippen LogP) is 11.7. The van der Waals surface area contributed by atoms with Crippen LogP contribution in [0.1, 0.15) is 41.2 Å². The molecule has 0 N–H and O–H groups in total. The van der Waals surface area contributed by atoms with E-state index in [4.69, 9.17) is 19.7 Å². The van der Waals surface area contributed by atoms with E-state index < -0.39 is 5.41 Å². The highest BCUT2D eigenvalue weighted by Crippen LogP contribution is 2.61. The summed E-state index contributed by atoms with van der Waals surface area (Å²) in [6.45, 7) is 2.26. The van der Waals surface area contributed by atoms with Crippen LogP contribution < -0.4 is 4.74 Å². The van der Waals surface area contributed by atoms with E-state index in [0.29, 0.717) is 23.4 Å². The van der Waals surface area contributed by atoms with Gasteiger partial charge in [0.2, 0.25) is 0 Å². The van der Waals surface area contributed by atoms with E-state index in [1.54, 1.807) is 0 Å². The van der Waals surface area contributed by atoms with Gasteiger partial charge < -0.3 is 4.74 Å². The molecule has 11 rings (SSSR count). The Hall–Kier alpha value is -6.65. The highest BCUT2D eigenvalue weighted by molar-refractivity contribution is 5.88. The molecule has 55 heavy (non-hydrogen) atoms. The average molecular weight is 708 g/mol. The zero-order valence-electron chi connectivity index (χ0n) is 30.5. The number of hydrogen-bond donors (Lipinski definition) is 0. The number of hydrogen-bond acceptors (Lipinski definition) is 4. The fourth-order valence-electron chi connectivity index (χ4n) is 9.37. The number of fused-ring (bicyclic) bond motifs is 10. The first-order valence-corrected chi connectivity index (χ1v) is 19.3. The molecule has 0 bridgehead atoms. The number of ether oxygens (including phenoxy) is 1. The van der Waals surface area contributed by atoms with E-state index in [-0.39, 0.29) is 6.10 Å². The van der Waals surface area contributed by atoms with E-state index >= 15 is 0 Å². The lowest BCUT2D eigenvalue weighted by Gasteiger charge is -2.45. The Kier molecular flexibility index (Phi) is 7.21. The van der Waals surface area contributed by atoms with Crippen LogP contribution in [0, 0.1) is 5.92 Å². The standard InChI is InChI=1S/C51H37N3O/c1-32-25-26-33-15-12-20-40(41(33)29-32)50-53-48(34-13-3-2-4-14-34)52-49(54-50)37-17-11-16-35(30-37)36-27-28-47-45(31-36)51(44-23-9-10-24-46(44)55-47)42-21-7-5-18-38(42)39-19-6-8-22-43(39)51/h2-23,25-28,30-32,46H,24,29H2,1H3. The van der Waals surface area contributed by atoms with Crippen molar-refractivity contribution < 1.29 is 4.74 Å². The molecule has 0 saturated carbocycles. The van der Waals surface area contributed by atoms with E-state index in [1.165, 1.54) is 44.5 Å². The summed E-state index contributed by atoms with van der Waals surface area (Å²) in [4.78, 5) is 15.4. The molecule has 2 atom stereocenters. The Balaban J connectivity index is 1.08. The summed E-state index contributed by atoms with van der Waals surface area (Å²) in [7, 11) is 0. The topological polar surface area (TPSA) is 47.9 Å². The van der Waals surface area contributed by atoms with Gasteiger partial charge in [0.25, 0.3) is 0 Å². The molecule has 262 valence electrons. The minimum atomic E-state index is -0.459. The van der Waals surface area contributed by atoms with Crippen LogP contribution in [0.25, 0.3) is 62.5 Å². The molecule has 1 aliphatic heterocycles. The highest BCUT2D eigenvalue weighted by Gasteiger charge is 2.53. The molecule has 7 aromatic rings. The van der Waals surface area contributed by atoms with Gasteiger partial charge in [0.05, 0.1) is 5.41 Å². The van der Waals surface area contributed by atoms with Gasteiger partial charge in [-0.05, 0) is 80.6 Å². The molecular formula is C51H37N3O. The van der Waals surface area contributed by atoms with E-state index in [9.17, 15) is 0 Å². The Morgan fingerprint density at radius 3 is 2.05 bits per heavy atom. The van der Waals surface area contributed by atoms with Crippen LogP contribution in [0.2, 0.25) is 0 Å². The lowest BCUT2D eigenvalue weighted by molar-refractivity contribution is 0.205. The number of allylic oxidation sites excluding steroid dienone is 3. The van der Waals surface area contributed by atoms with Gasteiger partial charge in [0.1, 0.15) is 11.9 Å². The van der Waals surface area contributed by atoms with Gasteiger partial charge in [-0.2, -0.15) is 0 Å². The highest BCUT2D eigenvalue weighted by atomic mass is 16.5. The summed E-state index contributed by atoms with van der Waals surface area (Å²) in [5.41, 5.74) is 14.9. The SMILES string of the molecule is CC1C=Cc2cccc(-c3nc(-c4ccccc4)nc(-c4cccc(-c5ccc6c(c5)C5(C7=CC=CCC7O6)c6ccccc6-c6ccccc65)c4)n3)c2C1. The molecule has 0 fully saturated rings. The largest absolute Gasteiger partial charge is 0.485 e. The molecular weight excluding hydrogens is 671 g/mol. The second-order valence-corrected chi connectivity index (χ2v) is 15.1. The lowest BCUT2D eigenvalue weighted by atomic mass is 9.63. The first-order valence-electron chi connectivity index (χ1n) is 19.3. The Morgan fingerprint density at radius 1 is 0.582 bits per heavy atom. The van der Waals surface area contributed by atoms with Gasteiger partial charge in [-0.3, -0.25) is 0 Å². The molecule has 3 aliphatic carbocycles. The van der Waals surface area contributed by atoms with E-state index in [0.717, 1.165) is 46.4 Å². The van der Waals surface area contributed by atoms with Crippen LogP contribution in [0.15, 0.2) is 169 Å². The zero-order chi connectivity index (χ0) is 36.5. The molecule has 4 heteroatoms. The van der Waals surface area contributed by atoms with E-state index in [1.807, 2.05) is 18.2 Å². The molecule has 4 nitrogen and oxygen atoms in total. The molecule has 1 aromatic heterocycles. The van der Waals surface area contributed by atoms with Crippen molar-refractivity contribution in [3.05, 3.63) is 197 Å². The summed E-state index contributed by atoms with van der Waals surface area (Å²) in [6.07, 6.45) is 13.0. The van der Waals surface area contributed by atoms with Crippen LogP contribution >= 0.6 is 0 Å². The third kappa shape index (κ3) is 4.94. The summed E-state index contributed by atoms with van der Waals surface area (Å²) >= 11 is 0. The number of rotatable bonds is 4. The monoisotopic (exact) mass is 707 g/mol. The Bertz CT molecular complexity index is 2730. The maximum Gasteiger partial charge on any atom is 0.164 e. The maximum atomic E-state index is 6.84. The van der Waals surface area contributed by atoms with Crippen molar-refractivity contribution >= 4 is 6.08 Å². The first-order chi connectivity index (χ1) is 27.1. The molecule has 1 spiro atoms. The van der Waals surface area contributed by atoms with Crippen LogP contribution in [0.3, 0.4) is 0 Å². The summed E-state index contributed by atoms with van der Waals surface area (Å²) < 4.78 is 6.84. The quantitative estimate of drug-likeness (QED) is 0.183. The van der Waals surface area contributed by atoms with Crippen molar-refractivity contribution in [2.24, 2.45) is 5.92 Å². The first kappa shape index (κ1) is 31.8. The zero-order valence-corrected chi connectivity index (χ0v) is 30.5. The fraction of sp³-hybridized carbons (Fsp3) is 0.118. The number of benzene rings is 6. The van der Waals surface area contributed by atoms with Gasteiger partial charge in [0.15, 0.2) is 17.5 Å². The van der Waals surface area contributed by atoms with Crippen molar-refractivity contribution in [1.29, 1.82) is 0 Å². The van der Waals surface area contributed by atoms with Gasteiger partial charge >= 0.3 is 0 Å². The van der Waals surface area contributed by atoms with Crippen LogP contribution in [-0.2, 0) is 11.8 Å². The van der Waals surface area contributed by atoms with Gasteiger partial charge in [-0.25, -0.2) is 15.0 Å². The van der Waals surface area contributed by atoms with Crippen molar-refractivity contribution in [3.8, 4) is 62.2 Å². The van der Waals surface area contributed by atoms with E-state index in [2.05, 4.69) is 159 Å². The van der Waals surface area contributed by atoms with Crippen molar-refractivity contribution in [3.63, 3.8) is 0 Å². The Morgan fingerprint density at radius 2 is 1.24 bits per heavy atom. The third-order valence-corrected chi connectivity index (χ3v) is 11.9. The number of nitrogens with zero attached hydrogens (tertiary/aromatic N) is 3. The van der Waals surface area contributed by atoms with Crippen molar-refractivity contribution in [2.75, 3.05) is 0 Å². The smallest absolute Gasteiger partial charge is 0.164 e. The molecule has 2 unspecified atom stereocenters. The molecule has 6 aromatic carbocycles. The van der Waals surface area contributed by atoms with Gasteiger partial charge in [-0.1, -0.05) is 159 Å². The predicted molar refractivity (Wildman–Crippen MR) is 221 cm³/mol. The maximum absolute atomic E-state index is 6.84. The van der Waals surface area contributed by atoms with Crippen molar-refractivity contribution in [2.45, 2.75) is 31.3 Å². The summed E-state index contributed by atoms with van der Waals surface area (Å²) in [6, 6.07) is 49.9. The molecule has 0 amide bonds. The molecule has 0 saturated heterocycles. The van der Waals surface area contributed by atoms with Crippen LogP contribution in [0.5, 0.6) is 5.75 Å². The number of aromatic nitrogens is 3. The molecule has 2 heterocycles. The summed E-state index contributed by atoms with van der Waals surface area (Å²) in [5, 5.41) is 0. The minimum absolute atomic E-state index is 0.0304. The third-order valence-electron chi connectivity index (χ3n) is 11.9. The second kappa shape index (κ2) is 12.5. The van der Waals surface area contributed by atoms with Crippen LogP contribution in [-0.4, -0.2) is 21.1 Å². The van der Waals surface area contributed by atoms with Gasteiger partial charge in [-0.15, -0.1) is 0 Å². The fourth-order valence-corrected chi connectivity index (χ4v) is 9.37. The second-order valence-electron chi connectivity index (χ2n) is 15.1. The van der Waals surface area contributed by atoms with Gasteiger partial charge in [0, 0.05) is 28.7 Å². The summed E-state index contributed by atoms with van der Waals surface area (Å²) in [5.74, 6) is 3.41. The average Bonchev–Trinajstić information content (AvgIpc) is 3.54. The van der Waals surface area contributed by atoms with Crippen LogP contribution in [0.4, 0.5) is 0 Å². The molecule has 0 radical (unpaired) electrons. The van der Waals surface area contributed by atoms with Crippen molar-refractivity contribution in [1.82, 2.24) is 15.0 Å².